The first-order valence-electron chi connectivity index (χ1n) is 7.43. The van der Waals surface area contributed by atoms with E-state index in [-0.39, 0.29) is 18.2 Å². The lowest BCUT2D eigenvalue weighted by Gasteiger charge is -2.20. The third-order valence-corrected chi connectivity index (χ3v) is 4.70. The number of benzene rings is 2. The highest BCUT2D eigenvalue weighted by Gasteiger charge is 2.40. The smallest absolute Gasteiger partial charge is 0.256 e. The molecule has 1 aliphatic heterocycles. The standard InChI is InChI=1S/C18H17BrN2O2/c1-11-6-5-7-12(2)17(11)21-16(22)10-15(18(21)23)20-14-9-4-3-8-13(14)19/h3-9,15,20H,10H2,1-2H3. The molecule has 0 aliphatic carbocycles. The van der Waals surface area contributed by atoms with Crippen molar-refractivity contribution < 1.29 is 9.59 Å². The molecule has 5 heteroatoms. The Bertz CT molecular complexity index is 768. The van der Waals surface area contributed by atoms with E-state index in [1.807, 2.05) is 56.3 Å². The monoisotopic (exact) mass is 372 g/mol. The second-order valence-electron chi connectivity index (χ2n) is 5.69. The number of anilines is 2. The van der Waals surface area contributed by atoms with Gasteiger partial charge in [0.2, 0.25) is 5.91 Å². The maximum Gasteiger partial charge on any atom is 0.256 e. The number of carbonyl (C=O) groups excluding carboxylic acids is 2. The summed E-state index contributed by atoms with van der Waals surface area (Å²) in [6.07, 6.45) is 0.161. The third-order valence-electron chi connectivity index (χ3n) is 4.01. The minimum Gasteiger partial charge on any atom is -0.372 e. The molecule has 1 atom stereocenters. The molecule has 2 amide bonds. The maximum absolute atomic E-state index is 12.8. The van der Waals surface area contributed by atoms with Crippen molar-refractivity contribution in [3.63, 3.8) is 0 Å². The average molecular weight is 373 g/mol. The number of para-hydroxylation sites is 2. The first kappa shape index (κ1) is 15.7. The molecule has 1 unspecified atom stereocenters. The average Bonchev–Trinajstić information content (AvgIpc) is 2.77. The van der Waals surface area contributed by atoms with Crippen LogP contribution in [0.4, 0.5) is 11.4 Å². The van der Waals surface area contributed by atoms with E-state index in [0.29, 0.717) is 5.69 Å². The number of amides is 2. The Morgan fingerprint density at radius 1 is 1.04 bits per heavy atom. The van der Waals surface area contributed by atoms with Gasteiger partial charge < -0.3 is 5.32 Å². The molecule has 1 fully saturated rings. The second-order valence-corrected chi connectivity index (χ2v) is 6.54. The van der Waals surface area contributed by atoms with Crippen LogP contribution >= 0.6 is 15.9 Å². The van der Waals surface area contributed by atoms with Crippen molar-refractivity contribution in [1.82, 2.24) is 0 Å². The van der Waals surface area contributed by atoms with Crippen LogP contribution in [0.1, 0.15) is 17.5 Å². The molecule has 1 N–H and O–H groups in total. The summed E-state index contributed by atoms with van der Waals surface area (Å²) in [6.45, 7) is 3.83. The summed E-state index contributed by atoms with van der Waals surface area (Å²) in [5.74, 6) is -0.375. The number of hydrogen-bond donors (Lipinski definition) is 1. The Labute approximate surface area is 143 Å². The first-order chi connectivity index (χ1) is 11.0. The third kappa shape index (κ3) is 2.88. The topological polar surface area (TPSA) is 49.4 Å². The van der Waals surface area contributed by atoms with E-state index < -0.39 is 6.04 Å². The van der Waals surface area contributed by atoms with Crippen molar-refractivity contribution in [3.05, 3.63) is 58.1 Å². The molecular formula is C18H17BrN2O2. The van der Waals surface area contributed by atoms with Gasteiger partial charge in [-0.05, 0) is 53.0 Å². The summed E-state index contributed by atoms with van der Waals surface area (Å²) in [6, 6.07) is 12.8. The van der Waals surface area contributed by atoms with Crippen LogP contribution in [0.2, 0.25) is 0 Å². The molecule has 0 saturated carbocycles. The van der Waals surface area contributed by atoms with Gasteiger partial charge in [-0.1, -0.05) is 30.3 Å². The molecule has 23 heavy (non-hydrogen) atoms. The van der Waals surface area contributed by atoms with Crippen LogP contribution in [-0.2, 0) is 9.59 Å². The Kier molecular flexibility index (Phi) is 4.22. The molecule has 0 aromatic heterocycles. The highest BCUT2D eigenvalue weighted by Crippen LogP contribution is 2.31. The van der Waals surface area contributed by atoms with E-state index in [2.05, 4.69) is 21.2 Å². The number of carbonyl (C=O) groups is 2. The number of hydrogen-bond acceptors (Lipinski definition) is 3. The predicted molar refractivity (Wildman–Crippen MR) is 94.6 cm³/mol. The fourth-order valence-electron chi connectivity index (χ4n) is 2.90. The van der Waals surface area contributed by atoms with E-state index in [9.17, 15) is 9.59 Å². The Morgan fingerprint density at radius 2 is 1.70 bits per heavy atom. The molecule has 1 aliphatic rings. The molecule has 2 aromatic carbocycles. The van der Waals surface area contributed by atoms with Gasteiger partial charge in [0.15, 0.2) is 0 Å². The van der Waals surface area contributed by atoms with Gasteiger partial charge in [0, 0.05) is 10.2 Å². The van der Waals surface area contributed by atoms with Gasteiger partial charge in [-0.3, -0.25) is 9.59 Å². The van der Waals surface area contributed by atoms with Crippen molar-refractivity contribution in [2.75, 3.05) is 10.2 Å². The van der Waals surface area contributed by atoms with E-state index in [1.54, 1.807) is 0 Å². The number of aryl methyl sites for hydroxylation is 2. The van der Waals surface area contributed by atoms with Crippen LogP contribution < -0.4 is 10.2 Å². The van der Waals surface area contributed by atoms with Gasteiger partial charge >= 0.3 is 0 Å². The maximum atomic E-state index is 12.8. The Morgan fingerprint density at radius 3 is 2.35 bits per heavy atom. The molecule has 0 radical (unpaired) electrons. The fraction of sp³-hybridized carbons (Fsp3) is 0.222. The second kappa shape index (κ2) is 6.16. The van der Waals surface area contributed by atoms with Crippen LogP contribution in [0.3, 0.4) is 0 Å². The predicted octanol–water partition coefficient (Wildman–Crippen LogP) is 3.81. The van der Waals surface area contributed by atoms with Gasteiger partial charge in [-0.25, -0.2) is 4.90 Å². The van der Waals surface area contributed by atoms with E-state index in [1.165, 1.54) is 4.90 Å². The Hall–Kier alpha value is -2.14. The molecule has 4 nitrogen and oxygen atoms in total. The first-order valence-corrected chi connectivity index (χ1v) is 8.22. The van der Waals surface area contributed by atoms with Crippen molar-refractivity contribution >= 4 is 39.1 Å². The molecule has 3 rings (SSSR count). The van der Waals surface area contributed by atoms with Crippen molar-refractivity contribution in [1.29, 1.82) is 0 Å². The number of imide groups is 1. The van der Waals surface area contributed by atoms with E-state index in [0.717, 1.165) is 21.3 Å². The molecule has 0 bridgehead atoms. The zero-order valence-electron chi connectivity index (χ0n) is 13.0. The highest BCUT2D eigenvalue weighted by molar-refractivity contribution is 9.10. The highest BCUT2D eigenvalue weighted by atomic mass is 79.9. The lowest BCUT2D eigenvalue weighted by atomic mass is 10.1. The normalized spacial score (nSPS) is 17.7. The largest absolute Gasteiger partial charge is 0.372 e. The van der Waals surface area contributed by atoms with Crippen LogP contribution in [0.25, 0.3) is 0 Å². The molecule has 118 valence electrons. The minimum atomic E-state index is -0.541. The fourth-order valence-corrected chi connectivity index (χ4v) is 3.30. The molecule has 1 saturated heterocycles. The summed E-state index contributed by atoms with van der Waals surface area (Å²) in [7, 11) is 0. The van der Waals surface area contributed by atoms with E-state index >= 15 is 0 Å². The molecule has 2 aromatic rings. The number of nitrogens with one attached hydrogen (secondary N) is 1. The lowest BCUT2D eigenvalue weighted by Crippen LogP contribution is -2.35. The summed E-state index contributed by atoms with van der Waals surface area (Å²) < 4.78 is 0.866. The molecular weight excluding hydrogens is 356 g/mol. The van der Waals surface area contributed by atoms with Gasteiger partial charge in [-0.15, -0.1) is 0 Å². The van der Waals surface area contributed by atoms with Crippen molar-refractivity contribution in [2.24, 2.45) is 0 Å². The number of rotatable bonds is 3. The summed E-state index contributed by atoms with van der Waals surface area (Å²) in [5, 5.41) is 3.17. The van der Waals surface area contributed by atoms with Gasteiger partial charge in [0.1, 0.15) is 6.04 Å². The van der Waals surface area contributed by atoms with Gasteiger partial charge in [0.05, 0.1) is 12.1 Å². The summed E-state index contributed by atoms with van der Waals surface area (Å²) in [4.78, 5) is 26.5. The van der Waals surface area contributed by atoms with Crippen LogP contribution in [0, 0.1) is 13.8 Å². The number of nitrogens with zero attached hydrogens (tertiary/aromatic N) is 1. The van der Waals surface area contributed by atoms with Crippen LogP contribution in [0.5, 0.6) is 0 Å². The van der Waals surface area contributed by atoms with E-state index in [4.69, 9.17) is 0 Å². The molecule has 0 spiro atoms. The molecule has 1 heterocycles. The van der Waals surface area contributed by atoms with Crippen LogP contribution in [-0.4, -0.2) is 17.9 Å². The lowest BCUT2D eigenvalue weighted by molar-refractivity contribution is -0.121. The minimum absolute atomic E-state index is 0.161. The van der Waals surface area contributed by atoms with Gasteiger partial charge in [0.25, 0.3) is 5.91 Å². The SMILES string of the molecule is Cc1cccc(C)c1N1C(=O)CC(Nc2ccccc2Br)C1=O. The van der Waals surface area contributed by atoms with Crippen molar-refractivity contribution in [2.45, 2.75) is 26.3 Å². The van der Waals surface area contributed by atoms with Crippen molar-refractivity contribution in [3.8, 4) is 0 Å². The quantitative estimate of drug-likeness (QED) is 0.833. The van der Waals surface area contributed by atoms with Gasteiger partial charge in [-0.2, -0.15) is 0 Å². The summed E-state index contributed by atoms with van der Waals surface area (Å²) in [5.41, 5.74) is 3.36. The zero-order valence-corrected chi connectivity index (χ0v) is 14.6. The zero-order chi connectivity index (χ0) is 16.6. The Balaban J connectivity index is 1.90. The summed E-state index contributed by atoms with van der Waals surface area (Å²) >= 11 is 3.45. The van der Waals surface area contributed by atoms with Crippen LogP contribution in [0.15, 0.2) is 46.9 Å². The number of halogens is 1.